The van der Waals surface area contributed by atoms with Crippen LogP contribution in [0.25, 0.3) is 10.8 Å². The summed E-state index contributed by atoms with van der Waals surface area (Å²) in [5.41, 5.74) is 14.6. The molecule has 0 fully saturated rings. The van der Waals surface area contributed by atoms with E-state index in [1.54, 1.807) is 0 Å². The van der Waals surface area contributed by atoms with Gasteiger partial charge in [0.2, 0.25) is 0 Å². The minimum Gasteiger partial charge on any atom is -0.390 e. The van der Waals surface area contributed by atoms with Gasteiger partial charge in [0.05, 0.1) is 6.10 Å². The summed E-state index contributed by atoms with van der Waals surface area (Å²) in [7, 11) is 0. The Labute approximate surface area is 142 Å². The number of nitrogens with two attached hydrogens (primary N) is 2. The molecule has 3 aromatic rings. The van der Waals surface area contributed by atoms with Crippen molar-refractivity contribution in [3.8, 4) is 0 Å². The summed E-state index contributed by atoms with van der Waals surface area (Å²) in [5, 5.41) is 12.9. The van der Waals surface area contributed by atoms with Crippen molar-refractivity contribution in [3.05, 3.63) is 83.9 Å². The molecule has 0 heterocycles. The molecule has 0 spiro atoms. The summed E-state index contributed by atoms with van der Waals surface area (Å²) in [6.07, 6.45) is 0.485. The van der Waals surface area contributed by atoms with E-state index in [1.165, 1.54) is 10.8 Å². The van der Waals surface area contributed by atoms with Gasteiger partial charge in [-0.05, 0) is 34.7 Å². The summed E-state index contributed by atoms with van der Waals surface area (Å²) in [6.45, 7) is 0. The van der Waals surface area contributed by atoms with Crippen molar-refractivity contribution in [2.24, 2.45) is 11.5 Å². The van der Waals surface area contributed by atoms with Gasteiger partial charge in [-0.3, -0.25) is 0 Å². The van der Waals surface area contributed by atoms with Crippen molar-refractivity contribution in [2.45, 2.75) is 31.0 Å². The zero-order chi connectivity index (χ0) is 16.9. The zero-order valence-electron chi connectivity index (χ0n) is 13.7. The van der Waals surface area contributed by atoms with Crippen molar-refractivity contribution in [3.63, 3.8) is 0 Å². The first-order chi connectivity index (χ1) is 11.6. The second-order valence-electron chi connectivity index (χ2n) is 6.39. The predicted octanol–water partition coefficient (Wildman–Crippen LogP) is 2.64. The number of fused-ring (bicyclic) bond motifs is 1. The van der Waals surface area contributed by atoms with Crippen LogP contribution in [0.5, 0.6) is 0 Å². The maximum absolute atomic E-state index is 10.5. The molecule has 0 saturated carbocycles. The van der Waals surface area contributed by atoms with Crippen molar-refractivity contribution in [1.82, 2.24) is 0 Å². The van der Waals surface area contributed by atoms with E-state index in [4.69, 9.17) is 11.5 Å². The number of aliphatic hydroxyl groups excluding tert-OH is 1. The summed E-state index contributed by atoms with van der Waals surface area (Å²) < 4.78 is 0. The third kappa shape index (κ3) is 4.01. The molecular formula is C21H24N2O. The van der Waals surface area contributed by atoms with Crippen LogP contribution in [-0.4, -0.2) is 23.3 Å². The number of hydrogen-bond donors (Lipinski definition) is 3. The molecule has 0 saturated heterocycles. The lowest BCUT2D eigenvalue weighted by atomic mass is 9.93. The maximum atomic E-state index is 10.5. The molecule has 3 heteroatoms. The van der Waals surface area contributed by atoms with Crippen molar-refractivity contribution >= 4 is 10.8 Å². The van der Waals surface area contributed by atoms with E-state index >= 15 is 0 Å². The Hall–Kier alpha value is -2.20. The van der Waals surface area contributed by atoms with E-state index in [1.807, 2.05) is 42.5 Å². The highest BCUT2D eigenvalue weighted by molar-refractivity contribution is 5.83. The highest BCUT2D eigenvalue weighted by Gasteiger charge is 2.22. The van der Waals surface area contributed by atoms with Crippen LogP contribution in [0, 0.1) is 0 Å². The molecule has 0 unspecified atom stereocenters. The van der Waals surface area contributed by atoms with Gasteiger partial charge in [-0.15, -0.1) is 0 Å². The molecule has 124 valence electrons. The molecule has 0 aliphatic carbocycles. The molecule has 0 aliphatic rings. The van der Waals surface area contributed by atoms with Crippen LogP contribution in [0.2, 0.25) is 0 Å². The Morgan fingerprint density at radius 1 is 0.667 bits per heavy atom. The zero-order valence-corrected chi connectivity index (χ0v) is 13.7. The summed E-state index contributed by atoms with van der Waals surface area (Å²) in [4.78, 5) is 0. The first-order valence-corrected chi connectivity index (χ1v) is 8.34. The first kappa shape index (κ1) is 16.7. The second kappa shape index (κ2) is 7.58. The highest BCUT2D eigenvalue weighted by Crippen LogP contribution is 2.17. The topological polar surface area (TPSA) is 72.3 Å². The van der Waals surface area contributed by atoms with Crippen molar-refractivity contribution < 1.29 is 5.11 Å². The second-order valence-corrected chi connectivity index (χ2v) is 6.39. The third-order valence-corrected chi connectivity index (χ3v) is 4.48. The third-order valence-electron chi connectivity index (χ3n) is 4.48. The van der Waals surface area contributed by atoms with E-state index in [0.717, 1.165) is 11.1 Å². The lowest BCUT2D eigenvalue weighted by molar-refractivity contribution is 0.116. The van der Waals surface area contributed by atoms with Crippen LogP contribution in [-0.2, 0) is 12.8 Å². The Bertz CT molecular complexity index is 788. The van der Waals surface area contributed by atoms with Gasteiger partial charge < -0.3 is 16.6 Å². The van der Waals surface area contributed by atoms with Gasteiger partial charge in [0, 0.05) is 12.1 Å². The van der Waals surface area contributed by atoms with Crippen molar-refractivity contribution in [2.75, 3.05) is 0 Å². The van der Waals surface area contributed by atoms with Crippen LogP contribution in [0.1, 0.15) is 11.1 Å². The van der Waals surface area contributed by atoms with Crippen LogP contribution in [0.4, 0.5) is 0 Å². The Kier molecular flexibility index (Phi) is 5.26. The summed E-state index contributed by atoms with van der Waals surface area (Å²) in [5.74, 6) is 0. The fraction of sp³-hybridized carbons (Fsp3) is 0.238. The number of aliphatic hydroxyl groups is 1. The minimum absolute atomic E-state index is 0.372. The fourth-order valence-corrected chi connectivity index (χ4v) is 3.08. The molecule has 5 N–H and O–H groups in total. The molecule has 3 nitrogen and oxygen atoms in total. The molecule has 0 amide bonds. The van der Waals surface area contributed by atoms with Gasteiger partial charge in [0.25, 0.3) is 0 Å². The van der Waals surface area contributed by atoms with Gasteiger partial charge in [0.1, 0.15) is 0 Å². The monoisotopic (exact) mass is 320 g/mol. The quantitative estimate of drug-likeness (QED) is 0.654. The molecule has 24 heavy (non-hydrogen) atoms. The SMILES string of the molecule is N[C@H](Cc1ccccc1)[C@@H](O)[C@H](N)Cc1ccc2ccccc2c1. The molecule has 0 aliphatic heterocycles. The Morgan fingerprint density at radius 3 is 1.96 bits per heavy atom. The Morgan fingerprint density at radius 2 is 1.25 bits per heavy atom. The van der Waals surface area contributed by atoms with Gasteiger partial charge >= 0.3 is 0 Å². The van der Waals surface area contributed by atoms with E-state index < -0.39 is 6.10 Å². The molecule has 0 bridgehead atoms. The number of benzene rings is 3. The predicted molar refractivity (Wildman–Crippen MR) is 99.8 cm³/mol. The van der Waals surface area contributed by atoms with Crippen LogP contribution in [0.15, 0.2) is 72.8 Å². The molecule has 3 aromatic carbocycles. The fourth-order valence-electron chi connectivity index (χ4n) is 3.08. The van der Waals surface area contributed by atoms with E-state index in [9.17, 15) is 5.11 Å². The highest BCUT2D eigenvalue weighted by atomic mass is 16.3. The average molecular weight is 320 g/mol. The Balaban J connectivity index is 1.65. The lowest BCUT2D eigenvalue weighted by Crippen LogP contribution is -2.49. The van der Waals surface area contributed by atoms with Crippen LogP contribution >= 0.6 is 0 Å². The standard InChI is InChI=1S/C21H24N2O/c22-19(13-15-6-2-1-3-7-15)21(24)20(23)14-16-10-11-17-8-4-5-9-18(17)12-16/h1-12,19-21,24H,13-14,22-23H2/t19-,20-,21-/m1/s1. The van der Waals surface area contributed by atoms with E-state index in [0.29, 0.717) is 12.8 Å². The molecule has 3 rings (SSSR count). The molecular weight excluding hydrogens is 296 g/mol. The van der Waals surface area contributed by atoms with Gasteiger partial charge in [-0.25, -0.2) is 0 Å². The minimum atomic E-state index is -0.739. The number of hydrogen-bond acceptors (Lipinski definition) is 3. The molecule has 0 aromatic heterocycles. The lowest BCUT2D eigenvalue weighted by Gasteiger charge is -2.25. The number of rotatable bonds is 6. The largest absolute Gasteiger partial charge is 0.390 e. The summed E-state index contributed by atoms with van der Waals surface area (Å²) in [6, 6.07) is 23.7. The maximum Gasteiger partial charge on any atom is 0.0848 e. The van der Waals surface area contributed by atoms with Gasteiger partial charge in [0.15, 0.2) is 0 Å². The normalized spacial score (nSPS) is 15.1. The van der Waals surface area contributed by atoms with Crippen LogP contribution in [0.3, 0.4) is 0 Å². The molecule has 3 atom stereocenters. The van der Waals surface area contributed by atoms with Gasteiger partial charge in [-0.1, -0.05) is 72.8 Å². The van der Waals surface area contributed by atoms with Crippen LogP contribution < -0.4 is 11.5 Å². The van der Waals surface area contributed by atoms with E-state index in [-0.39, 0.29) is 12.1 Å². The smallest absolute Gasteiger partial charge is 0.0848 e. The van der Waals surface area contributed by atoms with Crippen molar-refractivity contribution in [1.29, 1.82) is 0 Å². The average Bonchev–Trinajstić information content (AvgIpc) is 2.61. The van der Waals surface area contributed by atoms with Gasteiger partial charge in [-0.2, -0.15) is 0 Å². The van der Waals surface area contributed by atoms with E-state index in [2.05, 4.69) is 30.3 Å². The first-order valence-electron chi connectivity index (χ1n) is 8.34. The molecule has 0 radical (unpaired) electrons. The summed E-state index contributed by atoms with van der Waals surface area (Å²) >= 11 is 0.